The molecule has 2 aromatic heterocycles. The van der Waals surface area contributed by atoms with E-state index in [9.17, 15) is 9.59 Å². The average Bonchev–Trinajstić information content (AvgIpc) is 3.45. The van der Waals surface area contributed by atoms with E-state index in [-0.39, 0.29) is 24.1 Å². The zero-order valence-electron chi connectivity index (χ0n) is 23.6. The van der Waals surface area contributed by atoms with Gasteiger partial charge < -0.3 is 20.3 Å². The molecule has 2 amide bonds. The van der Waals surface area contributed by atoms with E-state index in [4.69, 9.17) is 9.84 Å². The Hall–Kier alpha value is -2.13. The first-order chi connectivity index (χ1) is 18.2. The third-order valence-corrected chi connectivity index (χ3v) is 9.63. The van der Waals surface area contributed by atoms with Crippen LogP contribution in [0, 0.1) is 6.92 Å². The van der Waals surface area contributed by atoms with Gasteiger partial charge in [-0.05, 0) is 85.1 Å². The lowest BCUT2D eigenvalue weighted by Gasteiger charge is -2.41. The van der Waals surface area contributed by atoms with Gasteiger partial charge in [-0.15, -0.1) is 11.3 Å². The van der Waals surface area contributed by atoms with Gasteiger partial charge in [0.2, 0.25) is 0 Å². The molecule has 1 saturated heterocycles. The molecule has 5 rings (SSSR count). The summed E-state index contributed by atoms with van der Waals surface area (Å²) < 4.78 is 7.62. The molecule has 2 saturated carbocycles. The normalized spacial score (nSPS) is 24.4. The Kier molecular flexibility index (Phi) is 8.33. The molecule has 0 radical (unpaired) electrons. The molecule has 0 aromatic carbocycles. The SMILES string of the molecule is Cc1nn(C2CCCCC2)c2sc(C(=O)N[C@H]3CC[C@H](N4CCC(NC(=O)OC(C)(C)C)CC4)CC3)cc12. The molecular weight excluding hydrogens is 498 g/mol. The highest BCUT2D eigenvalue weighted by Gasteiger charge is 2.31. The first kappa shape index (κ1) is 27.4. The number of hydrogen-bond acceptors (Lipinski definition) is 6. The monoisotopic (exact) mass is 543 g/mol. The van der Waals surface area contributed by atoms with E-state index in [1.165, 1.54) is 32.1 Å². The molecule has 3 aliphatic rings. The third kappa shape index (κ3) is 6.53. The molecule has 0 atom stereocenters. The average molecular weight is 544 g/mol. The maximum Gasteiger partial charge on any atom is 0.407 e. The van der Waals surface area contributed by atoms with Gasteiger partial charge in [0, 0.05) is 36.6 Å². The Bertz CT molecular complexity index is 1110. The highest BCUT2D eigenvalue weighted by atomic mass is 32.1. The Morgan fingerprint density at radius 3 is 2.24 bits per heavy atom. The van der Waals surface area contributed by atoms with E-state index in [0.29, 0.717) is 12.1 Å². The summed E-state index contributed by atoms with van der Waals surface area (Å²) in [4.78, 5) is 29.8. The zero-order valence-corrected chi connectivity index (χ0v) is 24.4. The number of piperidine rings is 1. The summed E-state index contributed by atoms with van der Waals surface area (Å²) in [6.07, 6.45) is 12.1. The van der Waals surface area contributed by atoms with E-state index in [2.05, 4.69) is 33.2 Å². The number of aryl methyl sites for hydroxylation is 1. The van der Waals surface area contributed by atoms with Crippen molar-refractivity contribution >= 4 is 33.6 Å². The van der Waals surface area contributed by atoms with Gasteiger partial charge in [-0.3, -0.25) is 9.48 Å². The number of likely N-dealkylation sites (tertiary alicyclic amines) is 1. The summed E-state index contributed by atoms with van der Waals surface area (Å²) in [5.74, 6) is 0.0678. The molecule has 2 aromatic rings. The molecule has 8 nitrogen and oxygen atoms in total. The first-order valence-corrected chi connectivity index (χ1v) is 15.5. The lowest BCUT2D eigenvalue weighted by atomic mass is 9.88. The molecule has 38 heavy (non-hydrogen) atoms. The van der Waals surface area contributed by atoms with Gasteiger partial charge in [0.15, 0.2) is 0 Å². The summed E-state index contributed by atoms with van der Waals surface area (Å²) in [6, 6.07) is 3.53. The summed E-state index contributed by atoms with van der Waals surface area (Å²) in [7, 11) is 0. The van der Waals surface area contributed by atoms with Crippen LogP contribution in [0.1, 0.15) is 113 Å². The van der Waals surface area contributed by atoms with Gasteiger partial charge >= 0.3 is 6.09 Å². The fraction of sp³-hybridized carbons (Fsp3) is 0.759. The van der Waals surface area contributed by atoms with Crippen molar-refractivity contribution in [3.8, 4) is 0 Å². The number of carbonyl (C=O) groups is 2. The number of nitrogens with zero attached hydrogens (tertiary/aromatic N) is 3. The number of thiophene rings is 1. The first-order valence-electron chi connectivity index (χ1n) is 14.7. The van der Waals surface area contributed by atoms with Crippen LogP contribution in [0.25, 0.3) is 10.2 Å². The van der Waals surface area contributed by atoms with Crippen molar-refractivity contribution in [2.75, 3.05) is 13.1 Å². The summed E-state index contributed by atoms with van der Waals surface area (Å²) in [6.45, 7) is 9.74. The van der Waals surface area contributed by atoms with Gasteiger partial charge in [-0.1, -0.05) is 19.3 Å². The van der Waals surface area contributed by atoms with E-state index >= 15 is 0 Å². The topological polar surface area (TPSA) is 88.5 Å². The predicted octanol–water partition coefficient (Wildman–Crippen LogP) is 5.94. The van der Waals surface area contributed by atoms with Crippen LogP contribution in [0.5, 0.6) is 0 Å². The molecule has 0 unspecified atom stereocenters. The van der Waals surface area contributed by atoms with E-state index in [0.717, 1.165) is 72.4 Å². The Morgan fingerprint density at radius 1 is 0.921 bits per heavy atom. The molecule has 2 N–H and O–H groups in total. The fourth-order valence-corrected chi connectivity index (χ4v) is 7.62. The zero-order chi connectivity index (χ0) is 26.9. The Labute approximate surface area is 230 Å². The van der Waals surface area contributed by atoms with E-state index in [1.807, 2.05) is 20.8 Å². The summed E-state index contributed by atoms with van der Waals surface area (Å²) >= 11 is 1.61. The van der Waals surface area contributed by atoms with Crippen LogP contribution in [-0.4, -0.2) is 63.5 Å². The maximum absolute atomic E-state index is 13.2. The van der Waals surface area contributed by atoms with Crippen molar-refractivity contribution in [3.63, 3.8) is 0 Å². The quantitative estimate of drug-likeness (QED) is 0.487. The van der Waals surface area contributed by atoms with E-state index < -0.39 is 5.60 Å². The predicted molar refractivity (Wildman–Crippen MR) is 152 cm³/mol. The molecule has 0 spiro atoms. The fourth-order valence-electron chi connectivity index (χ4n) is 6.48. The largest absolute Gasteiger partial charge is 0.444 e. The minimum Gasteiger partial charge on any atom is -0.444 e. The number of amides is 2. The summed E-state index contributed by atoms with van der Waals surface area (Å²) in [5.41, 5.74) is 0.566. The molecule has 1 aliphatic heterocycles. The molecular formula is C29H45N5O3S. The number of ether oxygens (including phenoxy) is 1. The van der Waals surface area contributed by atoms with E-state index in [1.54, 1.807) is 11.3 Å². The number of hydrogen-bond donors (Lipinski definition) is 2. The van der Waals surface area contributed by atoms with Crippen LogP contribution in [0.4, 0.5) is 4.79 Å². The third-order valence-electron chi connectivity index (χ3n) is 8.51. The smallest absolute Gasteiger partial charge is 0.407 e. The van der Waals surface area contributed by atoms with Crippen molar-refractivity contribution < 1.29 is 14.3 Å². The lowest BCUT2D eigenvalue weighted by Crippen LogP contribution is -2.50. The number of aromatic nitrogens is 2. The van der Waals surface area contributed by atoms with Crippen LogP contribution in [0.2, 0.25) is 0 Å². The van der Waals surface area contributed by atoms with Crippen molar-refractivity contribution in [2.45, 2.75) is 128 Å². The summed E-state index contributed by atoms with van der Waals surface area (Å²) in [5, 5.41) is 12.3. The van der Waals surface area contributed by atoms with Gasteiger partial charge in [0.05, 0.1) is 16.6 Å². The van der Waals surface area contributed by atoms with Crippen molar-refractivity contribution in [1.82, 2.24) is 25.3 Å². The van der Waals surface area contributed by atoms with Crippen molar-refractivity contribution in [3.05, 3.63) is 16.6 Å². The second kappa shape index (κ2) is 11.5. The number of rotatable bonds is 5. The molecule has 2 aliphatic carbocycles. The number of carbonyl (C=O) groups excluding carboxylic acids is 2. The molecule has 3 heterocycles. The highest BCUT2D eigenvalue weighted by Crippen LogP contribution is 2.35. The second-order valence-electron chi connectivity index (χ2n) is 12.6. The Morgan fingerprint density at radius 2 is 1.58 bits per heavy atom. The number of fused-ring (bicyclic) bond motifs is 1. The van der Waals surface area contributed by atoms with Crippen LogP contribution in [0.15, 0.2) is 6.07 Å². The second-order valence-corrected chi connectivity index (χ2v) is 13.6. The van der Waals surface area contributed by atoms with Gasteiger partial charge in [0.1, 0.15) is 10.4 Å². The van der Waals surface area contributed by atoms with Crippen LogP contribution >= 0.6 is 11.3 Å². The van der Waals surface area contributed by atoms with Crippen LogP contribution in [-0.2, 0) is 4.74 Å². The van der Waals surface area contributed by atoms with Crippen LogP contribution in [0.3, 0.4) is 0 Å². The maximum atomic E-state index is 13.2. The molecule has 0 bridgehead atoms. The van der Waals surface area contributed by atoms with Crippen molar-refractivity contribution in [2.24, 2.45) is 0 Å². The van der Waals surface area contributed by atoms with Crippen LogP contribution < -0.4 is 10.6 Å². The standard InChI is InChI=1S/C29H45N5O3S/c1-19-24-18-25(38-27(24)34(32-19)23-8-6-5-7-9-23)26(35)30-20-10-12-22(13-11-20)33-16-14-21(15-17-33)31-28(36)37-29(2,3)4/h18,20-23H,5-17H2,1-4H3,(H,30,35)(H,31,36)/t20-,22-. The molecule has 3 fully saturated rings. The Balaban J connectivity index is 1.08. The van der Waals surface area contributed by atoms with Gasteiger partial charge in [-0.25, -0.2) is 4.79 Å². The van der Waals surface area contributed by atoms with Gasteiger partial charge in [-0.2, -0.15) is 5.10 Å². The minimum absolute atomic E-state index is 0.0678. The van der Waals surface area contributed by atoms with Gasteiger partial charge in [0.25, 0.3) is 5.91 Å². The molecule has 210 valence electrons. The lowest BCUT2D eigenvalue weighted by molar-refractivity contribution is 0.0455. The minimum atomic E-state index is -0.467. The highest BCUT2D eigenvalue weighted by molar-refractivity contribution is 7.20. The molecule has 9 heteroatoms. The van der Waals surface area contributed by atoms with Crippen molar-refractivity contribution in [1.29, 1.82) is 0 Å². The number of nitrogens with one attached hydrogen (secondary N) is 2. The number of alkyl carbamates (subject to hydrolysis) is 1.